The Morgan fingerprint density at radius 1 is 0.667 bits per heavy atom. The van der Waals surface area contributed by atoms with Crippen molar-refractivity contribution in [3.8, 4) is 0 Å². The molecule has 0 aliphatic carbocycles. The minimum absolute atomic E-state index is 0.269. The fourth-order valence-electron chi connectivity index (χ4n) is 3.58. The van der Waals surface area contributed by atoms with Gasteiger partial charge in [-0.1, -0.05) is 121 Å². The molecule has 0 aliphatic heterocycles. The van der Waals surface area contributed by atoms with E-state index in [1.807, 2.05) is 24.3 Å². The molecule has 0 radical (unpaired) electrons. The molecule has 1 rings (SSSR count). The molecule has 2 heteroatoms. The van der Waals surface area contributed by atoms with Crippen LogP contribution in [0.5, 0.6) is 0 Å². The molecular formula is C25H41ClO. The first-order valence-electron chi connectivity index (χ1n) is 11.5. The molecule has 1 aromatic carbocycles. The maximum absolute atomic E-state index is 12.1. The highest BCUT2D eigenvalue weighted by Crippen LogP contribution is 2.15. The fourth-order valence-corrected chi connectivity index (χ4v) is 3.76. The van der Waals surface area contributed by atoms with Crippen molar-refractivity contribution in [2.75, 3.05) is 0 Å². The van der Waals surface area contributed by atoms with Gasteiger partial charge in [-0.05, 0) is 12.0 Å². The normalized spacial score (nSPS) is 11.0. The number of unbranched alkanes of at least 4 members (excludes halogenated alkanes) is 14. The van der Waals surface area contributed by atoms with Crippen LogP contribution in [-0.4, -0.2) is 5.78 Å². The van der Waals surface area contributed by atoms with Crippen LogP contribution in [0.1, 0.15) is 126 Å². The SMILES string of the molecule is CCCCCCCCCCCCCCCCCC(=O)c1ccc(CCl)cc1. The van der Waals surface area contributed by atoms with Crippen molar-refractivity contribution < 1.29 is 4.79 Å². The quantitative estimate of drug-likeness (QED) is 0.138. The number of benzene rings is 1. The zero-order chi connectivity index (χ0) is 19.6. The van der Waals surface area contributed by atoms with Gasteiger partial charge in [-0.25, -0.2) is 0 Å². The summed E-state index contributed by atoms with van der Waals surface area (Å²) in [6, 6.07) is 7.72. The average molecular weight is 393 g/mol. The predicted octanol–water partition coefficient (Wildman–Crippen LogP) is 8.87. The van der Waals surface area contributed by atoms with Crippen LogP contribution in [0.15, 0.2) is 24.3 Å². The number of rotatable bonds is 18. The Hall–Kier alpha value is -0.820. The third kappa shape index (κ3) is 13.1. The maximum atomic E-state index is 12.1. The highest BCUT2D eigenvalue weighted by molar-refractivity contribution is 6.17. The molecule has 0 saturated carbocycles. The molecule has 0 aromatic heterocycles. The van der Waals surface area contributed by atoms with Crippen LogP contribution in [0.3, 0.4) is 0 Å². The van der Waals surface area contributed by atoms with Gasteiger partial charge < -0.3 is 0 Å². The van der Waals surface area contributed by atoms with E-state index in [0.717, 1.165) is 17.5 Å². The summed E-state index contributed by atoms with van der Waals surface area (Å²) in [6.07, 6.45) is 21.0. The van der Waals surface area contributed by atoms with Crippen molar-refractivity contribution in [3.05, 3.63) is 35.4 Å². The van der Waals surface area contributed by atoms with Crippen LogP contribution in [0.2, 0.25) is 0 Å². The largest absolute Gasteiger partial charge is 0.294 e. The molecule has 1 aromatic rings. The molecular weight excluding hydrogens is 352 g/mol. The number of carbonyl (C=O) groups excluding carboxylic acids is 1. The van der Waals surface area contributed by atoms with Gasteiger partial charge in [0, 0.05) is 17.9 Å². The van der Waals surface area contributed by atoms with Gasteiger partial charge in [0.1, 0.15) is 0 Å². The van der Waals surface area contributed by atoms with E-state index >= 15 is 0 Å². The van der Waals surface area contributed by atoms with Gasteiger partial charge in [-0.15, -0.1) is 11.6 Å². The number of hydrogen-bond donors (Lipinski definition) is 0. The Bertz CT molecular complexity index is 466. The maximum Gasteiger partial charge on any atom is 0.162 e. The van der Waals surface area contributed by atoms with Crippen molar-refractivity contribution in [1.82, 2.24) is 0 Å². The van der Waals surface area contributed by atoms with Gasteiger partial charge in [-0.2, -0.15) is 0 Å². The zero-order valence-electron chi connectivity index (χ0n) is 17.6. The summed E-state index contributed by atoms with van der Waals surface area (Å²) in [7, 11) is 0. The number of carbonyl (C=O) groups is 1. The monoisotopic (exact) mass is 392 g/mol. The van der Waals surface area contributed by atoms with Crippen LogP contribution >= 0.6 is 11.6 Å². The zero-order valence-corrected chi connectivity index (χ0v) is 18.4. The van der Waals surface area contributed by atoms with Crippen LogP contribution in [0, 0.1) is 0 Å². The molecule has 0 heterocycles. The van der Waals surface area contributed by atoms with Crippen molar-refractivity contribution in [2.45, 2.75) is 116 Å². The van der Waals surface area contributed by atoms with Gasteiger partial charge in [0.15, 0.2) is 5.78 Å². The van der Waals surface area contributed by atoms with Gasteiger partial charge >= 0.3 is 0 Å². The Morgan fingerprint density at radius 3 is 1.48 bits per heavy atom. The van der Waals surface area contributed by atoms with E-state index in [1.165, 1.54) is 89.9 Å². The van der Waals surface area contributed by atoms with E-state index < -0.39 is 0 Å². The number of halogens is 1. The van der Waals surface area contributed by atoms with Gasteiger partial charge in [0.2, 0.25) is 0 Å². The lowest BCUT2D eigenvalue weighted by molar-refractivity contribution is 0.0979. The summed E-state index contributed by atoms with van der Waals surface area (Å²) >= 11 is 5.78. The first-order chi connectivity index (χ1) is 13.3. The molecule has 0 N–H and O–H groups in total. The second kappa shape index (κ2) is 17.3. The van der Waals surface area contributed by atoms with E-state index in [4.69, 9.17) is 11.6 Å². The second-order valence-corrected chi connectivity index (χ2v) is 8.22. The molecule has 0 amide bonds. The summed E-state index contributed by atoms with van der Waals surface area (Å²) in [6.45, 7) is 2.28. The topological polar surface area (TPSA) is 17.1 Å². The van der Waals surface area contributed by atoms with Crippen LogP contribution in [0.4, 0.5) is 0 Å². The van der Waals surface area contributed by atoms with E-state index in [1.54, 1.807) is 0 Å². The molecule has 154 valence electrons. The van der Waals surface area contributed by atoms with Crippen LogP contribution in [-0.2, 0) is 5.88 Å². The first kappa shape index (κ1) is 24.2. The Balaban J connectivity index is 1.85. The standard InChI is InChI=1S/C25H41ClO/c1-2-3-4-5-6-7-8-9-10-11-12-13-14-15-16-17-25(27)24-20-18-23(22-26)19-21-24/h18-21H,2-17,22H2,1H3. The van der Waals surface area contributed by atoms with E-state index in [0.29, 0.717) is 12.3 Å². The van der Waals surface area contributed by atoms with Crippen LogP contribution in [0.25, 0.3) is 0 Å². The highest BCUT2D eigenvalue weighted by Gasteiger charge is 2.05. The van der Waals surface area contributed by atoms with Crippen molar-refractivity contribution in [3.63, 3.8) is 0 Å². The summed E-state index contributed by atoms with van der Waals surface area (Å²) in [5.41, 5.74) is 1.90. The lowest BCUT2D eigenvalue weighted by atomic mass is 10.0. The Morgan fingerprint density at radius 2 is 1.07 bits per heavy atom. The number of hydrogen-bond acceptors (Lipinski definition) is 1. The van der Waals surface area contributed by atoms with Crippen LogP contribution < -0.4 is 0 Å². The molecule has 0 unspecified atom stereocenters. The summed E-state index contributed by atoms with van der Waals surface area (Å²) in [5, 5.41) is 0. The minimum Gasteiger partial charge on any atom is -0.294 e. The fraction of sp³-hybridized carbons (Fsp3) is 0.720. The summed E-state index contributed by atoms with van der Waals surface area (Å²) < 4.78 is 0. The lowest BCUT2D eigenvalue weighted by Gasteiger charge is -2.04. The first-order valence-corrected chi connectivity index (χ1v) is 12.0. The molecule has 27 heavy (non-hydrogen) atoms. The third-order valence-corrected chi connectivity index (χ3v) is 5.75. The molecule has 0 spiro atoms. The number of alkyl halides is 1. The number of ketones is 1. The molecule has 0 fully saturated rings. The van der Waals surface area contributed by atoms with Crippen molar-refractivity contribution in [2.24, 2.45) is 0 Å². The number of Topliss-reactive ketones (excluding diaryl/α,β-unsaturated/α-hetero) is 1. The minimum atomic E-state index is 0.269. The average Bonchev–Trinajstić information content (AvgIpc) is 2.70. The third-order valence-electron chi connectivity index (χ3n) is 5.44. The highest BCUT2D eigenvalue weighted by atomic mass is 35.5. The molecule has 1 nitrogen and oxygen atoms in total. The van der Waals surface area contributed by atoms with E-state index in [9.17, 15) is 4.79 Å². The molecule has 0 atom stereocenters. The molecule has 0 aliphatic rings. The van der Waals surface area contributed by atoms with Gasteiger partial charge in [-0.3, -0.25) is 4.79 Å². The lowest BCUT2D eigenvalue weighted by Crippen LogP contribution is -1.99. The molecule has 0 bridgehead atoms. The Kier molecular flexibility index (Phi) is 15.5. The van der Waals surface area contributed by atoms with Crippen molar-refractivity contribution >= 4 is 17.4 Å². The molecule has 0 saturated heterocycles. The second-order valence-electron chi connectivity index (χ2n) is 7.95. The van der Waals surface area contributed by atoms with Crippen molar-refractivity contribution in [1.29, 1.82) is 0 Å². The predicted molar refractivity (Wildman–Crippen MR) is 120 cm³/mol. The van der Waals surface area contributed by atoms with E-state index in [2.05, 4.69) is 6.92 Å². The van der Waals surface area contributed by atoms with E-state index in [-0.39, 0.29) is 5.78 Å². The Labute approximate surface area is 173 Å². The summed E-state index contributed by atoms with van der Waals surface area (Å²) in [5.74, 6) is 0.777. The van der Waals surface area contributed by atoms with Gasteiger partial charge in [0.05, 0.1) is 0 Å². The summed E-state index contributed by atoms with van der Waals surface area (Å²) in [4.78, 5) is 12.1. The smallest absolute Gasteiger partial charge is 0.162 e. The van der Waals surface area contributed by atoms with Gasteiger partial charge in [0.25, 0.3) is 0 Å².